The summed E-state index contributed by atoms with van der Waals surface area (Å²) in [6.45, 7) is 0. The second-order valence-electron chi connectivity index (χ2n) is 12.8. The average molecular weight is 587 g/mol. The largest absolute Gasteiger partial charge is 0.0766 e. The zero-order valence-corrected chi connectivity index (χ0v) is 25.8. The molecule has 0 heteroatoms. The van der Waals surface area contributed by atoms with Gasteiger partial charge in [0, 0.05) is 5.92 Å². The average Bonchev–Trinajstić information content (AvgIpc) is 3.14. The molecule has 9 rings (SSSR count). The van der Waals surface area contributed by atoms with Crippen LogP contribution in [0, 0.1) is 0 Å². The van der Waals surface area contributed by atoms with Crippen LogP contribution in [0.1, 0.15) is 35.4 Å². The van der Waals surface area contributed by atoms with Crippen molar-refractivity contribution in [3.05, 3.63) is 186 Å². The number of fused-ring (bicyclic) bond motifs is 5. The first-order valence-corrected chi connectivity index (χ1v) is 16.5. The van der Waals surface area contributed by atoms with E-state index in [9.17, 15) is 0 Å². The topological polar surface area (TPSA) is 0 Å². The minimum atomic E-state index is 0.381. The predicted octanol–water partition coefficient (Wildman–Crippen LogP) is 12.5. The van der Waals surface area contributed by atoms with Crippen molar-refractivity contribution in [1.29, 1.82) is 0 Å². The summed E-state index contributed by atoms with van der Waals surface area (Å²) in [5.74, 6) is 0.381. The Kier molecular flexibility index (Phi) is 6.53. The van der Waals surface area contributed by atoms with Gasteiger partial charge in [0.25, 0.3) is 0 Å². The summed E-state index contributed by atoms with van der Waals surface area (Å²) in [6, 6.07) is 51.4. The number of hydrogen-bond acceptors (Lipinski definition) is 0. The van der Waals surface area contributed by atoms with Crippen LogP contribution in [0.4, 0.5) is 0 Å². The highest BCUT2D eigenvalue weighted by Crippen LogP contribution is 2.43. The molecule has 0 aliphatic heterocycles. The molecule has 7 aromatic carbocycles. The van der Waals surface area contributed by atoms with Crippen LogP contribution in [0.15, 0.2) is 169 Å². The van der Waals surface area contributed by atoms with E-state index in [4.69, 9.17) is 0 Å². The molecule has 0 saturated heterocycles. The van der Waals surface area contributed by atoms with Crippen LogP contribution >= 0.6 is 0 Å². The van der Waals surface area contributed by atoms with Crippen molar-refractivity contribution in [1.82, 2.24) is 0 Å². The molecule has 0 saturated carbocycles. The van der Waals surface area contributed by atoms with Gasteiger partial charge in [-0.25, -0.2) is 0 Å². The van der Waals surface area contributed by atoms with Crippen LogP contribution in [0.3, 0.4) is 0 Å². The first-order chi connectivity index (χ1) is 22.8. The molecular weight excluding hydrogens is 553 g/mol. The highest BCUT2D eigenvalue weighted by Gasteiger charge is 2.23. The summed E-state index contributed by atoms with van der Waals surface area (Å²) in [7, 11) is 0. The van der Waals surface area contributed by atoms with E-state index >= 15 is 0 Å². The van der Waals surface area contributed by atoms with Crippen molar-refractivity contribution in [2.75, 3.05) is 0 Å². The first kappa shape index (κ1) is 26.9. The molecule has 0 aromatic heterocycles. The summed E-state index contributed by atoms with van der Waals surface area (Å²) < 4.78 is 0. The molecular formula is C46H34. The summed E-state index contributed by atoms with van der Waals surface area (Å²) in [6.07, 6.45) is 12.7. The fourth-order valence-electron chi connectivity index (χ4n) is 7.90. The molecule has 0 N–H and O–H groups in total. The van der Waals surface area contributed by atoms with E-state index in [1.54, 1.807) is 0 Å². The molecule has 0 heterocycles. The monoisotopic (exact) mass is 586 g/mol. The Morgan fingerprint density at radius 1 is 0.478 bits per heavy atom. The summed E-state index contributed by atoms with van der Waals surface area (Å²) in [5, 5.41) is 7.95. The molecule has 0 spiro atoms. The molecule has 0 radical (unpaired) electrons. The van der Waals surface area contributed by atoms with E-state index in [-0.39, 0.29) is 0 Å². The lowest BCUT2D eigenvalue weighted by Crippen LogP contribution is -2.08. The van der Waals surface area contributed by atoms with Gasteiger partial charge in [-0.15, -0.1) is 0 Å². The molecule has 2 aliphatic rings. The minimum Gasteiger partial charge on any atom is -0.0766 e. The van der Waals surface area contributed by atoms with Crippen LogP contribution in [0.5, 0.6) is 0 Å². The summed E-state index contributed by atoms with van der Waals surface area (Å²) >= 11 is 0. The smallest absolute Gasteiger partial charge is 0.00677 e. The van der Waals surface area contributed by atoms with Gasteiger partial charge in [-0.1, -0.05) is 152 Å². The van der Waals surface area contributed by atoms with Gasteiger partial charge in [0.05, 0.1) is 0 Å². The zero-order chi connectivity index (χ0) is 30.5. The van der Waals surface area contributed by atoms with Crippen LogP contribution in [-0.4, -0.2) is 0 Å². The second-order valence-corrected chi connectivity index (χ2v) is 12.8. The first-order valence-electron chi connectivity index (χ1n) is 16.5. The Balaban J connectivity index is 1.15. The molecule has 2 aliphatic carbocycles. The van der Waals surface area contributed by atoms with Crippen LogP contribution < -0.4 is 0 Å². The van der Waals surface area contributed by atoms with Crippen molar-refractivity contribution in [3.8, 4) is 22.3 Å². The molecule has 0 bridgehead atoms. The second kappa shape index (κ2) is 11.2. The normalized spacial score (nSPS) is 16.0. The van der Waals surface area contributed by atoms with Gasteiger partial charge in [-0.3, -0.25) is 0 Å². The number of hydrogen-bond donors (Lipinski definition) is 0. The summed E-state index contributed by atoms with van der Waals surface area (Å²) in [4.78, 5) is 0. The Labute approximate surface area is 270 Å². The minimum absolute atomic E-state index is 0.381. The maximum absolute atomic E-state index is 2.52. The maximum Gasteiger partial charge on any atom is 0.00677 e. The van der Waals surface area contributed by atoms with Crippen LogP contribution in [-0.2, 0) is 6.42 Å². The highest BCUT2D eigenvalue weighted by atomic mass is 14.3. The molecule has 0 nitrogen and oxygen atoms in total. The quantitative estimate of drug-likeness (QED) is 0.192. The van der Waals surface area contributed by atoms with Crippen molar-refractivity contribution in [2.24, 2.45) is 0 Å². The molecule has 46 heavy (non-hydrogen) atoms. The lowest BCUT2D eigenvalue weighted by Gasteiger charge is -2.27. The number of benzene rings is 7. The molecule has 7 aromatic rings. The van der Waals surface area contributed by atoms with Gasteiger partial charge in [-0.05, 0) is 114 Å². The van der Waals surface area contributed by atoms with Crippen molar-refractivity contribution >= 4 is 38.4 Å². The fraction of sp³-hybridized carbons (Fsp3) is 0.0870. The Morgan fingerprint density at radius 3 is 2.09 bits per heavy atom. The third-order valence-corrected chi connectivity index (χ3v) is 10.2. The number of allylic oxidation sites excluding steroid dienone is 5. The highest BCUT2D eigenvalue weighted by molar-refractivity contribution is 6.02. The van der Waals surface area contributed by atoms with Crippen molar-refractivity contribution in [2.45, 2.75) is 25.2 Å². The number of aryl methyl sites for hydroxylation is 1. The molecule has 1 atom stereocenters. The van der Waals surface area contributed by atoms with Crippen LogP contribution in [0.2, 0.25) is 0 Å². The predicted molar refractivity (Wildman–Crippen MR) is 197 cm³/mol. The lowest BCUT2D eigenvalue weighted by molar-refractivity contribution is 0.805. The Hall–Kier alpha value is -5.46. The third kappa shape index (κ3) is 4.61. The standard InChI is InChI=1S/C46H34/c1-2-11-33(12-3-1)45-30-38-28-37(42-22-10-16-32-14-5-7-20-40(32)42)24-25-43(38)44-26-23-35(29-46(44)45)34-17-8-18-36(27-34)41-21-9-15-31-13-4-6-19-39(31)41/h1-22,24-25,28-30,36H,23,26-27H2. The van der Waals surface area contributed by atoms with Gasteiger partial charge in [0.1, 0.15) is 0 Å². The molecule has 0 fully saturated rings. The van der Waals surface area contributed by atoms with Crippen molar-refractivity contribution in [3.63, 3.8) is 0 Å². The van der Waals surface area contributed by atoms with E-state index in [0.29, 0.717) is 5.92 Å². The van der Waals surface area contributed by atoms with E-state index in [1.807, 2.05) is 0 Å². The SMILES string of the molecule is C1=CC(c2cccc3ccccc23)CC(C2=Cc3c(-c4ccccc4)cc4cc(-c5cccc6ccccc56)ccc4c3CC2)=C1. The number of rotatable bonds is 4. The van der Waals surface area contributed by atoms with Gasteiger partial charge >= 0.3 is 0 Å². The van der Waals surface area contributed by atoms with Gasteiger partial charge < -0.3 is 0 Å². The van der Waals surface area contributed by atoms with Gasteiger partial charge in [0.15, 0.2) is 0 Å². The molecule has 218 valence electrons. The third-order valence-electron chi connectivity index (χ3n) is 10.2. The van der Waals surface area contributed by atoms with Gasteiger partial charge in [0.2, 0.25) is 0 Å². The van der Waals surface area contributed by atoms with Gasteiger partial charge in [-0.2, -0.15) is 0 Å². The summed E-state index contributed by atoms with van der Waals surface area (Å²) in [5.41, 5.74) is 12.4. The van der Waals surface area contributed by atoms with Crippen molar-refractivity contribution < 1.29 is 0 Å². The molecule has 0 amide bonds. The Morgan fingerprint density at radius 2 is 1.22 bits per heavy atom. The lowest BCUT2D eigenvalue weighted by atomic mass is 9.78. The maximum atomic E-state index is 2.52. The Bertz CT molecular complexity index is 2370. The fourth-order valence-corrected chi connectivity index (χ4v) is 7.90. The molecule has 1 unspecified atom stereocenters. The van der Waals surface area contributed by atoms with Crippen LogP contribution in [0.25, 0.3) is 60.6 Å². The zero-order valence-electron chi connectivity index (χ0n) is 25.8. The van der Waals surface area contributed by atoms with E-state index in [2.05, 4.69) is 164 Å². The van der Waals surface area contributed by atoms with E-state index in [0.717, 1.165) is 19.3 Å². The van der Waals surface area contributed by atoms with E-state index in [1.165, 1.54) is 82.4 Å². The van der Waals surface area contributed by atoms with E-state index < -0.39 is 0 Å².